The van der Waals surface area contributed by atoms with Gasteiger partial charge < -0.3 is 40.3 Å². The second-order valence-electron chi connectivity index (χ2n) is 13.9. The molecule has 1 heterocycles. The molecule has 0 saturated carbocycles. The molecule has 274 valence electrons. The SMILES string of the molecule is CCCCCCCCCCCCCCC(O)C(=O)N(CCCCCCCCCCCC)CC(O)CC1O[C@H](CO)[C@@H](O)[C@H](O)[C@H]1O. The van der Waals surface area contributed by atoms with E-state index in [0.717, 1.165) is 38.5 Å². The van der Waals surface area contributed by atoms with Crippen LogP contribution in [-0.2, 0) is 9.53 Å². The zero-order valence-corrected chi connectivity index (χ0v) is 29.6. The smallest absolute Gasteiger partial charge is 0.251 e. The lowest BCUT2D eigenvalue weighted by molar-refractivity contribution is -0.234. The van der Waals surface area contributed by atoms with E-state index in [1.54, 1.807) is 0 Å². The van der Waals surface area contributed by atoms with Gasteiger partial charge in [-0.1, -0.05) is 149 Å². The fourth-order valence-electron chi connectivity index (χ4n) is 6.56. The van der Waals surface area contributed by atoms with Gasteiger partial charge in [0.1, 0.15) is 30.5 Å². The number of aliphatic hydroxyl groups excluding tert-OH is 6. The number of ether oxygens (including phenoxy) is 1. The number of nitrogens with zero attached hydrogens (tertiary/aromatic N) is 1. The van der Waals surface area contributed by atoms with Crippen molar-refractivity contribution in [1.29, 1.82) is 0 Å². The second-order valence-corrected chi connectivity index (χ2v) is 13.9. The van der Waals surface area contributed by atoms with Crippen LogP contribution in [0, 0.1) is 0 Å². The average Bonchev–Trinajstić information content (AvgIpc) is 3.05. The summed E-state index contributed by atoms with van der Waals surface area (Å²) >= 11 is 0. The molecule has 0 radical (unpaired) electrons. The van der Waals surface area contributed by atoms with E-state index in [0.29, 0.717) is 13.0 Å². The molecule has 9 nitrogen and oxygen atoms in total. The third kappa shape index (κ3) is 19.3. The maximum Gasteiger partial charge on any atom is 0.251 e. The molecule has 1 aliphatic heterocycles. The van der Waals surface area contributed by atoms with Crippen LogP contribution in [0.4, 0.5) is 0 Å². The van der Waals surface area contributed by atoms with Crippen molar-refractivity contribution in [2.75, 3.05) is 19.7 Å². The van der Waals surface area contributed by atoms with Crippen LogP contribution in [0.3, 0.4) is 0 Å². The molecule has 1 rings (SSSR count). The zero-order valence-electron chi connectivity index (χ0n) is 29.6. The van der Waals surface area contributed by atoms with Gasteiger partial charge in [0.05, 0.1) is 18.8 Å². The Bertz CT molecular complexity index is 711. The van der Waals surface area contributed by atoms with Crippen molar-refractivity contribution < 1.29 is 40.2 Å². The lowest BCUT2D eigenvalue weighted by Gasteiger charge is -2.41. The lowest BCUT2D eigenvalue weighted by atomic mass is 9.92. The molecule has 0 aromatic heterocycles. The number of hydrogen-bond acceptors (Lipinski definition) is 8. The molecule has 3 unspecified atom stereocenters. The van der Waals surface area contributed by atoms with Gasteiger partial charge in [-0.15, -0.1) is 0 Å². The number of rotatable bonds is 30. The number of carbonyl (C=O) groups is 1. The van der Waals surface area contributed by atoms with Crippen molar-refractivity contribution >= 4 is 5.91 Å². The molecule has 46 heavy (non-hydrogen) atoms. The molecule has 0 aromatic rings. The standard InChI is InChI=1S/C37H73NO8/c1-3-5-7-9-11-13-15-16-17-19-21-23-25-31(41)37(45)38(26-24-22-20-18-14-12-10-8-6-4-2)28-30(40)27-32-34(42)36(44)35(43)33(29-39)46-32/h30-36,39-44H,3-29H2,1-2H3/t30?,31?,32?,33-,34+,35-,36-/m1/s1. The van der Waals surface area contributed by atoms with Gasteiger partial charge in [0, 0.05) is 19.5 Å². The Kier molecular flexibility index (Phi) is 26.4. The summed E-state index contributed by atoms with van der Waals surface area (Å²) in [6.45, 7) is 4.33. The maximum atomic E-state index is 13.3. The number of carbonyl (C=O) groups excluding carboxylic acids is 1. The van der Waals surface area contributed by atoms with Crippen LogP contribution >= 0.6 is 0 Å². The van der Waals surface area contributed by atoms with Crippen molar-refractivity contribution in [2.24, 2.45) is 0 Å². The minimum atomic E-state index is -1.51. The summed E-state index contributed by atoms with van der Waals surface area (Å²) in [5.41, 5.74) is 0. The van der Waals surface area contributed by atoms with Gasteiger partial charge in [0.25, 0.3) is 5.91 Å². The fourth-order valence-corrected chi connectivity index (χ4v) is 6.56. The van der Waals surface area contributed by atoms with Crippen molar-refractivity contribution in [3.8, 4) is 0 Å². The van der Waals surface area contributed by atoms with Crippen molar-refractivity contribution in [1.82, 2.24) is 4.90 Å². The van der Waals surface area contributed by atoms with Crippen LogP contribution < -0.4 is 0 Å². The van der Waals surface area contributed by atoms with Gasteiger partial charge in [-0.05, 0) is 12.8 Å². The van der Waals surface area contributed by atoms with Crippen LogP contribution in [0.15, 0.2) is 0 Å². The van der Waals surface area contributed by atoms with E-state index in [9.17, 15) is 35.4 Å². The van der Waals surface area contributed by atoms with Gasteiger partial charge in [-0.25, -0.2) is 0 Å². The first-order valence-corrected chi connectivity index (χ1v) is 19.2. The molecule has 1 fully saturated rings. The third-order valence-corrected chi connectivity index (χ3v) is 9.64. The van der Waals surface area contributed by atoms with Crippen LogP contribution in [-0.4, -0.2) is 104 Å². The van der Waals surface area contributed by atoms with Crippen LogP contribution in [0.5, 0.6) is 0 Å². The van der Waals surface area contributed by atoms with Crippen molar-refractivity contribution in [2.45, 2.75) is 211 Å². The van der Waals surface area contributed by atoms with Gasteiger partial charge in [-0.2, -0.15) is 0 Å². The summed E-state index contributed by atoms with van der Waals surface area (Å²) in [4.78, 5) is 14.9. The highest BCUT2D eigenvalue weighted by Gasteiger charge is 2.44. The molecule has 7 atom stereocenters. The van der Waals surface area contributed by atoms with E-state index in [2.05, 4.69) is 13.8 Å². The summed E-state index contributed by atoms with van der Waals surface area (Å²) in [7, 11) is 0. The average molecular weight is 660 g/mol. The van der Waals surface area contributed by atoms with E-state index in [-0.39, 0.29) is 18.9 Å². The highest BCUT2D eigenvalue weighted by Crippen LogP contribution is 2.25. The van der Waals surface area contributed by atoms with E-state index in [4.69, 9.17) is 4.74 Å². The topological polar surface area (TPSA) is 151 Å². The molecule has 0 aromatic carbocycles. The van der Waals surface area contributed by atoms with Crippen molar-refractivity contribution in [3.05, 3.63) is 0 Å². The highest BCUT2D eigenvalue weighted by atomic mass is 16.5. The highest BCUT2D eigenvalue weighted by molar-refractivity contribution is 5.80. The molecule has 1 aliphatic rings. The Balaban J connectivity index is 2.50. The molecule has 1 amide bonds. The Morgan fingerprint density at radius 1 is 0.609 bits per heavy atom. The van der Waals surface area contributed by atoms with Gasteiger partial charge in [0.15, 0.2) is 0 Å². The normalized spacial score (nSPS) is 23.0. The quantitative estimate of drug-likeness (QED) is 0.0531. The van der Waals surface area contributed by atoms with E-state index >= 15 is 0 Å². The van der Waals surface area contributed by atoms with Crippen LogP contribution in [0.2, 0.25) is 0 Å². The van der Waals surface area contributed by atoms with Crippen LogP contribution in [0.1, 0.15) is 168 Å². The van der Waals surface area contributed by atoms with E-state index in [1.807, 2.05) is 0 Å². The van der Waals surface area contributed by atoms with Gasteiger partial charge >= 0.3 is 0 Å². The molecule has 6 N–H and O–H groups in total. The number of unbranched alkanes of at least 4 members (excludes halogenated alkanes) is 20. The van der Waals surface area contributed by atoms with Crippen molar-refractivity contribution in [3.63, 3.8) is 0 Å². The zero-order chi connectivity index (χ0) is 34.0. The fraction of sp³-hybridized carbons (Fsp3) is 0.973. The minimum absolute atomic E-state index is 0.0270. The molecule has 0 bridgehead atoms. The predicted molar refractivity (Wildman–Crippen MR) is 185 cm³/mol. The number of aliphatic hydroxyl groups is 6. The second kappa shape index (κ2) is 28.1. The van der Waals surface area contributed by atoms with Crippen LogP contribution in [0.25, 0.3) is 0 Å². The summed E-state index contributed by atoms with van der Waals surface area (Å²) in [6, 6.07) is 0. The summed E-state index contributed by atoms with van der Waals surface area (Å²) in [5, 5.41) is 61.8. The third-order valence-electron chi connectivity index (χ3n) is 9.64. The molecule has 1 saturated heterocycles. The first kappa shape index (κ1) is 43.2. The summed E-state index contributed by atoms with van der Waals surface area (Å²) < 4.78 is 5.56. The summed E-state index contributed by atoms with van der Waals surface area (Å²) in [5.74, 6) is -0.383. The Labute approximate surface area is 281 Å². The number of amides is 1. The predicted octanol–water partition coefficient (Wildman–Crippen LogP) is 5.78. The maximum absolute atomic E-state index is 13.3. The molecule has 0 aliphatic carbocycles. The number of hydrogen-bond donors (Lipinski definition) is 6. The van der Waals surface area contributed by atoms with E-state index in [1.165, 1.54) is 108 Å². The van der Waals surface area contributed by atoms with E-state index < -0.39 is 49.3 Å². The molecule has 9 heteroatoms. The first-order valence-electron chi connectivity index (χ1n) is 19.2. The largest absolute Gasteiger partial charge is 0.394 e. The van der Waals surface area contributed by atoms with Gasteiger partial charge in [-0.3, -0.25) is 4.79 Å². The Hall–Kier alpha value is -0.810. The lowest BCUT2D eigenvalue weighted by Crippen LogP contribution is -2.59. The minimum Gasteiger partial charge on any atom is -0.394 e. The first-order chi connectivity index (χ1) is 22.3. The molecular weight excluding hydrogens is 586 g/mol. The van der Waals surface area contributed by atoms with Gasteiger partial charge in [0.2, 0.25) is 0 Å². The summed E-state index contributed by atoms with van der Waals surface area (Å²) in [6.07, 6.45) is 17.9. The monoisotopic (exact) mass is 660 g/mol. The molecular formula is C37H73NO8. The molecule has 0 spiro atoms. The Morgan fingerprint density at radius 3 is 1.48 bits per heavy atom. The Morgan fingerprint density at radius 2 is 1.02 bits per heavy atom.